The molecule has 3 heteroatoms. The van der Waals surface area contributed by atoms with Crippen LogP contribution in [-0.4, -0.2) is 19.8 Å². The molecule has 32 heavy (non-hydrogen) atoms. The highest BCUT2D eigenvalue weighted by Gasteiger charge is 2.31. The molecule has 1 aliphatic rings. The van der Waals surface area contributed by atoms with Crippen molar-refractivity contribution in [2.24, 2.45) is 0 Å². The summed E-state index contributed by atoms with van der Waals surface area (Å²) in [6, 6.07) is 29.9. The first kappa shape index (κ1) is 20.6. The number of nitrogens with one attached hydrogen (secondary N) is 1. The van der Waals surface area contributed by atoms with Crippen LogP contribution in [0.1, 0.15) is 34.6 Å². The highest BCUT2D eigenvalue weighted by molar-refractivity contribution is 5.85. The molecule has 162 valence electrons. The van der Waals surface area contributed by atoms with Gasteiger partial charge in [0.2, 0.25) is 0 Å². The number of hydrogen-bond donors (Lipinski definition) is 1. The van der Waals surface area contributed by atoms with Gasteiger partial charge in [-0.1, -0.05) is 78.4 Å². The van der Waals surface area contributed by atoms with E-state index in [2.05, 4.69) is 97.2 Å². The van der Waals surface area contributed by atoms with Crippen molar-refractivity contribution in [1.82, 2.24) is 5.32 Å². The number of aryl methyl sites for hydroxylation is 1. The molecule has 3 nitrogen and oxygen atoms in total. The van der Waals surface area contributed by atoms with Gasteiger partial charge in [0.15, 0.2) is 0 Å². The maximum absolute atomic E-state index is 6.41. The summed E-state index contributed by atoms with van der Waals surface area (Å²) in [6.45, 7) is 3.75. The zero-order valence-corrected chi connectivity index (χ0v) is 18.7. The van der Waals surface area contributed by atoms with Crippen molar-refractivity contribution in [3.05, 3.63) is 107 Å². The highest BCUT2D eigenvalue weighted by Crippen LogP contribution is 2.43. The molecule has 1 N–H and O–H groups in total. The fourth-order valence-electron chi connectivity index (χ4n) is 4.85. The summed E-state index contributed by atoms with van der Waals surface area (Å²) in [5.41, 5.74) is 5.04. The maximum atomic E-state index is 6.41. The number of ether oxygens (including phenoxy) is 2. The first-order valence-corrected chi connectivity index (χ1v) is 11.3. The van der Waals surface area contributed by atoms with Gasteiger partial charge in [-0.2, -0.15) is 0 Å². The van der Waals surface area contributed by atoms with Crippen LogP contribution in [0.25, 0.3) is 10.8 Å². The second-order valence-electron chi connectivity index (χ2n) is 8.58. The lowest BCUT2D eigenvalue weighted by Gasteiger charge is -2.33. The van der Waals surface area contributed by atoms with Crippen LogP contribution in [0.4, 0.5) is 0 Å². The van der Waals surface area contributed by atoms with Crippen molar-refractivity contribution in [3.63, 3.8) is 0 Å². The molecule has 0 bridgehead atoms. The van der Waals surface area contributed by atoms with E-state index in [9.17, 15) is 0 Å². The zero-order valence-electron chi connectivity index (χ0n) is 18.7. The summed E-state index contributed by atoms with van der Waals surface area (Å²) in [6.07, 6.45) is 1.01. The van der Waals surface area contributed by atoms with Crippen LogP contribution in [-0.2, 0) is 6.54 Å². The third-order valence-electron chi connectivity index (χ3n) is 6.41. The Morgan fingerprint density at radius 3 is 2.62 bits per heavy atom. The summed E-state index contributed by atoms with van der Waals surface area (Å²) in [5, 5.41) is 6.23. The molecule has 0 saturated carbocycles. The predicted molar refractivity (Wildman–Crippen MR) is 131 cm³/mol. The predicted octanol–water partition coefficient (Wildman–Crippen LogP) is 6.23. The summed E-state index contributed by atoms with van der Waals surface area (Å²) in [5.74, 6) is 2.17. The van der Waals surface area contributed by atoms with E-state index >= 15 is 0 Å². The van der Waals surface area contributed by atoms with Gasteiger partial charge in [0.25, 0.3) is 0 Å². The topological polar surface area (TPSA) is 30.5 Å². The number of methoxy groups -OCH3 is 1. The molecule has 2 unspecified atom stereocenters. The van der Waals surface area contributed by atoms with Gasteiger partial charge in [-0.3, -0.25) is 0 Å². The molecule has 0 aliphatic carbocycles. The van der Waals surface area contributed by atoms with E-state index < -0.39 is 0 Å². The molecule has 5 rings (SSSR count). The molecule has 1 heterocycles. The third kappa shape index (κ3) is 4.09. The van der Waals surface area contributed by atoms with Crippen molar-refractivity contribution in [1.29, 1.82) is 0 Å². The second-order valence-corrected chi connectivity index (χ2v) is 8.58. The molecule has 0 amide bonds. The molecule has 4 aromatic rings. The van der Waals surface area contributed by atoms with Crippen molar-refractivity contribution in [2.75, 3.05) is 13.7 Å². The van der Waals surface area contributed by atoms with E-state index in [1.165, 1.54) is 33.0 Å². The lowest BCUT2D eigenvalue weighted by atomic mass is 9.83. The quantitative estimate of drug-likeness (QED) is 0.399. The van der Waals surface area contributed by atoms with Gasteiger partial charge in [0.05, 0.1) is 7.11 Å². The van der Waals surface area contributed by atoms with E-state index in [0.29, 0.717) is 0 Å². The summed E-state index contributed by atoms with van der Waals surface area (Å²) < 4.78 is 12.1. The lowest BCUT2D eigenvalue weighted by Crippen LogP contribution is -2.35. The van der Waals surface area contributed by atoms with E-state index in [4.69, 9.17) is 9.47 Å². The van der Waals surface area contributed by atoms with E-state index in [0.717, 1.165) is 31.0 Å². The molecular weight excluding hydrogens is 394 g/mol. The van der Waals surface area contributed by atoms with Gasteiger partial charge in [0.1, 0.15) is 17.6 Å². The van der Waals surface area contributed by atoms with Gasteiger partial charge < -0.3 is 14.8 Å². The Hall–Kier alpha value is -3.30. The van der Waals surface area contributed by atoms with Crippen LogP contribution >= 0.6 is 0 Å². The minimum absolute atomic E-state index is 0.0927. The Morgan fingerprint density at radius 1 is 0.906 bits per heavy atom. The fraction of sp³-hybridized carbons (Fsp3) is 0.241. The van der Waals surface area contributed by atoms with Crippen LogP contribution < -0.4 is 14.8 Å². The maximum Gasteiger partial charge on any atom is 0.123 e. The summed E-state index contributed by atoms with van der Waals surface area (Å²) >= 11 is 0. The average Bonchev–Trinajstić information content (AvgIpc) is 2.83. The van der Waals surface area contributed by atoms with Crippen molar-refractivity contribution in [2.45, 2.75) is 31.9 Å². The third-order valence-corrected chi connectivity index (χ3v) is 6.41. The van der Waals surface area contributed by atoms with E-state index in [1.807, 2.05) is 0 Å². The van der Waals surface area contributed by atoms with E-state index in [-0.39, 0.29) is 12.0 Å². The normalized spacial score (nSPS) is 17.6. The number of rotatable bonds is 6. The second kappa shape index (κ2) is 9.05. The van der Waals surface area contributed by atoms with Crippen LogP contribution in [0.3, 0.4) is 0 Å². The molecule has 0 spiro atoms. The van der Waals surface area contributed by atoms with Gasteiger partial charge in [0, 0.05) is 30.1 Å². The largest absolute Gasteiger partial charge is 0.496 e. The van der Waals surface area contributed by atoms with E-state index in [1.54, 1.807) is 7.11 Å². The number of benzene rings is 4. The van der Waals surface area contributed by atoms with Crippen LogP contribution in [0.15, 0.2) is 84.9 Å². The molecule has 0 fully saturated rings. The van der Waals surface area contributed by atoms with Crippen molar-refractivity contribution >= 4 is 10.8 Å². The summed E-state index contributed by atoms with van der Waals surface area (Å²) in [7, 11) is 1.75. The molecule has 0 saturated heterocycles. The zero-order chi connectivity index (χ0) is 21.9. The first-order chi connectivity index (χ1) is 15.7. The molecule has 4 aromatic carbocycles. The van der Waals surface area contributed by atoms with Crippen molar-refractivity contribution < 1.29 is 9.47 Å². The minimum Gasteiger partial charge on any atom is -0.496 e. The SMILES string of the molecule is COc1ccc(C)cc1C1CC(CNCc2cccc3ccccc23)Oc2ccccc21. The van der Waals surface area contributed by atoms with Gasteiger partial charge in [-0.15, -0.1) is 0 Å². The Morgan fingerprint density at radius 2 is 1.72 bits per heavy atom. The Bertz CT molecular complexity index is 1230. The molecule has 2 atom stereocenters. The highest BCUT2D eigenvalue weighted by atomic mass is 16.5. The average molecular weight is 424 g/mol. The first-order valence-electron chi connectivity index (χ1n) is 11.3. The van der Waals surface area contributed by atoms with Crippen LogP contribution in [0.2, 0.25) is 0 Å². The van der Waals surface area contributed by atoms with Gasteiger partial charge >= 0.3 is 0 Å². The Kier molecular flexibility index (Phi) is 5.83. The van der Waals surface area contributed by atoms with Crippen LogP contribution in [0, 0.1) is 6.92 Å². The standard InChI is InChI=1S/C29H29NO2/c1-20-14-15-28(31-2)27(16-20)26-17-23(32-29-13-6-5-12-25(26)29)19-30-18-22-10-7-9-21-8-3-4-11-24(21)22/h3-16,23,26,30H,17-19H2,1-2H3. The minimum atomic E-state index is 0.0927. The monoisotopic (exact) mass is 423 g/mol. The summed E-state index contributed by atoms with van der Waals surface area (Å²) in [4.78, 5) is 0. The van der Waals surface area contributed by atoms with Crippen molar-refractivity contribution in [3.8, 4) is 11.5 Å². The lowest BCUT2D eigenvalue weighted by molar-refractivity contribution is 0.161. The number of fused-ring (bicyclic) bond motifs is 2. The molecule has 0 aromatic heterocycles. The fourth-order valence-corrected chi connectivity index (χ4v) is 4.85. The molecule has 1 aliphatic heterocycles. The smallest absolute Gasteiger partial charge is 0.123 e. The molecule has 0 radical (unpaired) electrons. The number of hydrogen-bond acceptors (Lipinski definition) is 3. The number of para-hydroxylation sites is 1. The Labute approximate surface area is 190 Å². The Balaban J connectivity index is 1.36. The van der Waals surface area contributed by atoms with Gasteiger partial charge in [-0.25, -0.2) is 0 Å². The van der Waals surface area contributed by atoms with Crippen LogP contribution in [0.5, 0.6) is 11.5 Å². The van der Waals surface area contributed by atoms with Gasteiger partial charge in [-0.05, 0) is 41.8 Å². The molecular formula is C29H29NO2.